The first-order valence-electron chi connectivity index (χ1n) is 9.28. The van der Waals surface area contributed by atoms with Gasteiger partial charge in [-0.2, -0.15) is 0 Å². The fraction of sp³-hybridized carbons (Fsp3) is 0. The normalized spacial score (nSPS) is 11.0. The second-order valence-corrected chi connectivity index (χ2v) is 6.82. The van der Waals surface area contributed by atoms with E-state index < -0.39 is 0 Å². The molecule has 0 atom stereocenters. The van der Waals surface area contributed by atoms with E-state index in [1.54, 1.807) is 6.20 Å². The minimum atomic E-state index is -0.0112. The van der Waals surface area contributed by atoms with E-state index >= 15 is 0 Å². The summed E-state index contributed by atoms with van der Waals surface area (Å²) in [6.45, 7) is 0. The standard InChI is InChI=1S/C26H17NO/c28-26(21-15-14-18-8-4-5-11-20(18)16-21)23-17-27-24-13-7-6-12-22(24)25(23)19-9-2-1-3-10-19/h1-17H. The van der Waals surface area contributed by atoms with Crippen LogP contribution in [0.5, 0.6) is 0 Å². The highest BCUT2D eigenvalue weighted by Gasteiger charge is 2.18. The van der Waals surface area contributed by atoms with Gasteiger partial charge in [0.25, 0.3) is 0 Å². The van der Waals surface area contributed by atoms with Crippen LogP contribution in [0.3, 0.4) is 0 Å². The van der Waals surface area contributed by atoms with Crippen molar-refractivity contribution in [2.45, 2.75) is 0 Å². The number of para-hydroxylation sites is 1. The van der Waals surface area contributed by atoms with Gasteiger partial charge < -0.3 is 0 Å². The van der Waals surface area contributed by atoms with Gasteiger partial charge in [0, 0.05) is 28.3 Å². The summed E-state index contributed by atoms with van der Waals surface area (Å²) in [4.78, 5) is 18.0. The van der Waals surface area contributed by atoms with E-state index in [-0.39, 0.29) is 5.78 Å². The van der Waals surface area contributed by atoms with Crippen LogP contribution >= 0.6 is 0 Å². The number of rotatable bonds is 3. The van der Waals surface area contributed by atoms with Crippen molar-refractivity contribution in [3.63, 3.8) is 0 Å². The lowest BCUT2D eigenvalue weighted by atomic mass is 9.91. The molecule has 1 heterocycles. The van der Waals surface area contributed by atoms with Gasteiger partial charge in [0.05, 0.1) is 5.52 Å². The molecule has 0 aliphatic rings. The third kappa shape index (κ3) is 2.76. The molecular formula is C26H17NO. The lowest BCUT2D eigenvalue weighted by Gasteiger charge is -2.13. The predicted molar refractivity (Wildman–Crippen MR) is 115 cm³/mol. The number of hydrogen-bond acceptors (Lipinski definition) is 2. The molecule has 0 saturated heterocycles. The summed E-state index contributed by atoms with van der Waals surface area (Å²) < 4.78 is 0. The fourth-order valence-electron chi connectivity index (χ4n) is 3.72. The van der Waals surface area contributed by atoms with Gasteiger partial charge in [-0.3, -0.25) is 9.78 Å². The Bertz CT molecular complexity index is 1320. The summed E-state index contributed by atoms with van der Waals surface area (Å²) in [5.41, 5.74) is 4.14. The van der Waals surface area contributed by atoms with E-state index in [4.69, 9.17) is 0 Å². The van der Waals surface area contributed by atoms with Gasteiger partial charge in [0.15, 0.2) is 5.78 Å². The number of hydrogen-bond donors (Lipinski definition) is 0. The second kappa shape index (κ2) is 6.75. The first-order valence-corrected chi connectivity index (χ1v) is 9.28. The summed E-state index contributed by atoms with van der Waals surface area (Å²) in [7, 11) is 0. The third-order valence-corrected chi connectivity index (χ3v) is 5.09. The molecule has 132 valence electrons. The zero-order chi connectivity index (χ0) is 18.9. The van der Waals surface area contributed by atoms with Crippen LogP contribution in [0.2, 0.25) is 0 Å². The van der Waals surface area contributed by atoms with E-state index in [0.717, 1.165) is 32.8 Å². The highest BCUT2D eigenvalue weighted by atomic mass is 16.1. The van der Waals surface area contributed by atoms with Gasteiger partial charge in [0.1, 0.15) is 0 Å². The maximum atomic E-state index is 13.5. The fourth-order valence-corrected chi connectivity index (χ4v) is 3.72. The smallest absolute Gasteiger partial charge is 0.195 e. The predicted octanol–water partition coefficient (Wildman–Crippen LogP) is 6.29. The molecule has 28 heavy (non-hydrogen) atoms. The van der Waals surface area contributed by atoms with Crippen LogP contribution in [-0.4, -0.2) is 10.8 Å². The van der Waals surface area contributed by atoms with E-state index in [2.05, 4.69) is 11.1 Å². The molecule has 0 bridgehead atoms. The molecule has 0 spiro atoms. The topological polar surface area (TPSA) is 30.0 Å². The summed E-state index contributed by atoms with van der Waals surface area (Å²) in [5.74, 6) is -0.0112. The molecule has 0 fully saturated rings. The van der Waals surface area contributed by atoms with Crippen LogP contribution < -0.4 is 0 Å². The summed E-state index contributed by atoms with van der Waals surface area (Å²) in [6.07, 6.45) is 1.71. The highest BCUT2D eigenvalue weighted by molar-refractivity contribution is 6.17. The highest BCUT2D eigenvalue weighted by Crippen LogP contribution is 2.32. The first-order chi connectivity index (χ1) is 13.8. The Kier molecular flexibility index (Phi) is 3.95. The minimum absolute atomic E-state index is 0.0112. The van der Waals surface area contributed by atoms with Crippen LogP contribution in [0.1, 0.15) is 15.9 Å². The molecular weight excluding hydrogens is 342 g/mol. The van der Waals surface area contributed by atoms with Gasteiger partial charge in [-0.05, 0) is 28.5 Å². The number of carbonyl (C=O) groups excluding carboxylic acids is 1. The Balaban J connectivity index is 1.74. The quantitative estimate of drug-likeness (QED) is 0.355. The van der Waals surface area contributed by atoms with Crippen molar-refractivity contribution in [1.29, 1.82) is 0 Å². The molecule has 0 saturated carbocycles. The van der Waals surface area contributed by atoms with Gasteiger partial charge in [-0.15, -0.1) is 0 Å². The number of nitrogens with zero attached hydrogens (tertiary/aromatic N) is 1. The van der Waals surface area contributed by atoms with Gasteiger partial charge in [-0.1, -0.05) is 84.9 Å². The van der Waals surface area contributed by atoms with Gasteiger partial charge in [-0.25, -0.2) is 0 Å². The van der Waals surface area contributed by atoms with Crippen LogP contribution in [-0.2, 0) is 0 Å². The molecule has 2 heteroatoms. The maximum absolute atomic E-state index is 13.5. The van der Waals surface area contributed by atoms with Crippen molar-refractivity contribution in [3.05, 3.63) is 114 Å². The van der Waals surface area contributed by atoms with Crippen molar-refractivity contribution < 1.29 is 4.79 Å². The first kappa shape index (κ1) is 16.4. The largest absolute Gasteiger partial charge is 0.289 e. The SMILES string of the molecule is O=C(c1ccc2ccccc2c1)c1cnc2ccccc2c1-c1ccccc1. The Hall–Kier alpha value is -3.78. The number of carbonyl (C=O) groups is 1. The molecule has 4 aromatic carbocycles. The van der Waals surface area contributed by atoms with Crippen LogP contribution in [0, 0.1) is 0 Å². The van der Waals surface area contributed by atoms with E-state index in [1.165, 1.54) is 0 Å². The molecule has 0 unspecified atom stereocenters. The lowest BCUT2D eigenvalue weighted by molar-refractivity contribution is 0.103. The van der Waals surface area contributed by atoms with Crippen molar-refractivity contribution in [3.8, 4) is 11.1 Å². The number of pyridine rings is 1. The Morgan fingerprint density at radius 3 is 2.25 bits per heavy atom. The summed E-state index contributed by atoms with van der Waals surface area (Å²) >= 11 is 0. The van der Waals surface area contributed by atoms with Crippen molar-refractivity contribution >= 4 is 27.5 Å². The Morgan fingerprint density at radius 2 is 1.39 bits per heavy atom. The Morgan fingerprint density at radius 1 is 0.679 bits per heavy atom. The van der Waals surface area contributed by atoms with E-state index in [0.29, 0.717) is 11.1 Å². The lowest BCUT2D eigenvalue weighted by Crippen LogP contribution is -2.05. The Labute approximate surface area is 163 Å². The van der Waals surface area contributed by atoms with Crippen LogP contribution in [0.25, 0.3) is 32.8 Å². The van der Waals surface area contributed by atoms with Crippen molar-refractivity contribution in [2.24, 2.45) is 0 Å². The molecule has 1 aromatic heterocycles. The molecule has 0 amide bonds. The molecule has 5 aromatic rings. The van der Waals surface area contributed by atoms with Gasteiger partial charge in [0.2, 0.25) is 0 Å². The minimum Gasteiger partial charge on any atom is -0.289 e. The molecule has 0 aliphatic heterocycles. The summed E-state index contributed by atoms with van der Waals surface area (Å²) in [5, 5.41) is 3.17. The molecule has 2 nitrogen and oxygen atoms in total. The van der Waals surface area contributed by atoms with Crippen LogP contribution in [0.4, 0.5) is 0 Å². The second-order valence-electron chi connectivity index (χ2n) is 6.82. The molecule has 0 aliphatic carbocycles. The van der Waals surface area contributed by atoms with Crippen LogP contribution in [0.15, 0.2) is 103 Å². The molecule has 0 radical (unpaired) electrons. The van der Waals surface area contributed by atoms with Crippen molar-refractivity contribution in [1.82, 2.24) is 4.98 Å². The number of fused-ring (bicyclic) bond motifs is 2. The molecule has 5 rings (SSSR count). The van der Waals surface area contributed by atoms with E-state index in [1.807, 2.05) is 91.0 Å². The van der Waals surface area contributed by atoms with Crippen molar-refractivity contribution in [2.75, 3.05) is 0 Å². The maximum Gasteiger partial charge on any atom is 0.195 e. The number of aromatic nitrogens is 1. The summed E-state index contributed by atoms with van der Waals surface area (Å²) in [6, 6.07) is 32.0. The average Bonchev–Trinajstić information content (AvgIpc) is 2.78. The zero-order valence-electron chi connectivity index (χ0n) is 15.2. The zero-order valence-corrected chi connectivity index (χ0v) is 15.2. The average molecular weight is 359 g/mol. The number of benzene rings is 4. The third-order valence-electron chi connectivity index (χ3n) is 5.09. The monoisotopic (exact) mass is 359 g/mol. The number of ketones is 1. The van der Waals surface area contributed by atoms with E-state index in [9.17, 15) is 4.79 Å². The van der Waals surface area contributed by atoms with Gasteiger partial charge >= 0.3 is 0 Å². The molecule has 0 N–H and O–H groups in total.